The van der Waals surface area contributed by atoms with Gasteiger partial charge in [-0.05, 0) is 59.1 Å². The van der Waals surface area contributed by atoms with Gasteiger partial charge in [0.1, 0.15) is 5.60 Å². The molecular formula is C20H31N3O3. The van der Waals surface area contributed by atoms with E-state index in [4.69, 9.17) is 4.74 Å². The third-order valence-electron chi connectivity index (χ3n) is 4.48. The summed E-state index contributed by atoms with van der Waals surface area (Å²) >= 11 is 0. The van der Waals surface area contributed by atoms with Crippen LogP contribution in [0.5, 0.6) is 0 Å². The topological polar surface area (TPSA) is 62.7 Å². The van der Waals surface area contributed by atoms with Gasteiger partial charge in [0.15, 0.2) is 0 Å². The van der Waals surface area contributed by atoms with E-state index in [1.807, 2.05) is 51.7 Å². The Bertz CT molecular complexity index is 602. The SMILES string of the molecule is CC(C)N(Cc1cccnc1)C(=O)C1CCN(C(=O)OC(C)(C)C)CC1. The van der Waals surface area contributed by atoms with E-state index in [1.165, 1.54) is 0 Å². The van der Waals surface area contributed by atoms with Crippen LogP contribution in [0.2, 0.25) is 0 Å². The molecule has 1 saturated heterocycles. The molecule has 1 aliphatic rings. The molecule has 6 nitrogen and oxygen atoms in total. The second-order valence-corrected chi connectivity index (χ2v) is 8.16. The molecule has 1 aromatic rings. The summed E-state index contributed by atoms with van der Waals surface area (Å²) in [5.74, 6) is 0.112. The van der Waals surface area contributed by atoms with E-state index in [-0.39, 0.29) is 24.0 Å². The molecule has 0 saturated carbocycles. The first kappa shape index (κ1) is 20.2. The maximum Gasteiger partial charge on any atom is 0.410 e. The maximum absolute atomic E-state index is 13.0. The molecule has 1 aromatic heterocycles. The van der Waals surface area contributed by atoms with Crippen LogP contribution in [0.25, 0.3) is 0 Å². The van der Waals surface area contributed by atoms with Gasteiger partial charge >= 0.3 is 6.09 Å². The van der Waals surface area contributed by atoms with E-state index in [2.05, 4.69) is 4.98 Å². The average Bonchev–Trinajstić information content (AvgIpc) is 2.58. The summed E-state index contributed by atoms with van der Waals surface area (Å²) in [5.41, 5.74) is 0.530. The van der Waals surface area contributed by atoms with Crippen LogP contribution in [0.4, 0.5) is 4.79 Å². The smallest absolute Gasteiger partial charge is 0.410 e. The second-order valence-electron chi connectivity index (χ2n) is 8.16. The van der Waals surface area contributed by atoms with Crippen molar-refractivity contribution in [3.05, 3.63) is 30.1 Å². The number of hydrogen-bond acceptors (Lipinski definition) is 4. The zero-order chi connectivity index (χ0) is 19.3. The molecule has 1 aliphatic heterocycles. The number of carbonyl (C=O) groups excluding carboxylic acids is 2. The van der Waals surface area contributed by atoms with Crippen LogP contribution < -0.4 is 0 Å². The number of piperidine rings is 1. The van der Waals surface area contributed by atoms with Crippen LogP contribution in [0.1, 0.15) is 53.0 Å². The first-order valence-electron chi connectivity index (χ1n) is 9.34. The van der Waals surface area contributed by atoms with E-state index in [0.29, 0.717) is 32.5 Å². The minimum absolute atomic E-state index is 0.0484. The summed E-state index contributed by atoms with van der Waals surface area (Å²) in [6.07, 6.45) is 4.59. The minimum atomic E-state index is -0.498. The van der Waals surface area contributed by atoms with Crippen molar-refractivity contribution in [2.24, 2.45) is 5.92 Å². The highest BCUT2D eigenvalue weighted by atomic mass is 16.6. The molecule has 0 bridgehead atoms. The predicted molar refractivity (Wildman–Crippen MR) is 100 cm³/mol. The Labute approximate surface area is 156 Å². The Morgan fingerprint density at radius 3 is 2.46 bits per heavy atom. The molecule has 0 spiro atoms. The molecule has 2 amide bonds. The van der Waals surface area contributed by atoms with Gasteiger partial charge in [0.2, 0.25) is 5.91 Å². The van der Waals surface area contributed by atoms with Gasteiger partial charge in [-0.3, -0.25) is 9.78 Å². The zero-order valence-corrected chi connectivity index (χ0v) is 16.6. The lowest BCUT2D eigenvalue weighted by molar-refractivity contribution is -0.139. The van der Waals surface area contributed by atoms with Crippen molar-refractivity contribution >= 4 is 12.0 Å². The van der Waals surface area contributed by atoms with Gasteiger partial charge in [-0.25, -0.2) is 4.79 Å². The van der Waals surface area contributed by atoms with E-state index in [1.54, 1.807) is 17.3 Å². The van der Waals surface area contributed by atoms with Gasteiger partial charge < -0.3 is 14.5 Å². The summed E-state index contributed by atoms with van der Waals surface area (Å²) in [6.45, 7) is 11.3. The molecular weight excluding hydrogens is 330 g/mol. The molecule has 0 atom stereocenters. The van der Waals surface area contributed by atoms with Gasteiger partial charge in [-0.2, -0.15) is 0 Å². The number of nitrogens with zero attached hydrogens (tertiary/aromatic N) is 3. The Morgan fingerprint density at radius 1 is 1.31 bits per heavy atom. The quantitative estimate of drug-likeness (QED) is 0.824. The lowest BCUT2D eigenvalue weighted by Crippen LogP contribution is -2.47. The lowest BCUT2D eigenvalue weighted by Gasteiger charge is -2.36. The fraction of sp³-hybridized carbons (Fsp3) is 0.650. The van der Waals surface area contributed by atoms with E-state index in [9.17, 15) is 9.59 Å². The average molecular weight is 361 g/mol. The highest BCUT2D eigenvalue weighted by Gasteiger charge is 2.32. The van der Waals surface area contributed by atoms with Crippen LogP contribution in [-0.2, 0) is 16.1 Å². The second kappa shape index (κ2) is 8.52. The maximum atomic E-state index is 13.0. The first-order chi connectivity index (χ1) is 12.2. The third kappa shape index (κ3) is 5.71. The number of pyridine rings is 1. The Kier molecular flexibility index (Phi) is 6.62. The van der Waals surface area contributed by atoms with Crippen LogP contribution in [0.3, 0.4) is 0 Å². The largest absolute Gasteiger partial charge is 0.444 e. The van der Waals surface area contributed by atoms with Crippen molar-refractivity contribution in [2.75, 3.05) is 13.1 Å². The van der Waals surface area contributed by atoms with Gasteiger partial charge in [-0.15, -0.1) is 0 Å². The van der Waals surface area contributed by atoms with Crippen LogP contribution in [0.15, 0.2) is 24.5 Å². The van der Waals surface area contributed by atoms with Crippen LogP contribution in [-0.4, -0.2) is 51.5 Å². The van der Waals surface area contributed by atoms with Crippen molar-refractivity contribution in [3.63, 3.8) is 0 Å². The number of likely N-dealkylation sites (tertiary alicyclic amines) is 1. The molecule has 0 unspecified atom stereocenters. The Hall–Kier alpha value is -2.11. The summed E-state index contributed by atoms with van der Waals surface area (Å²) in [4.78, 5) is 32.9. The third-order valence-corrected chi connectivity index (χ3v) is 4.48. The van der Waals surface area contributed by atoms with Gasteiger partial charge in [-0.1, -0.05) is 6.07 Å². The van der Waals surface area contributed by atoms with Crippen molar-refractivity contribution in [1.29, 1.82) is 0 Å². The van der Waals surface area contributed by atoms with E-state index >= 15 is 0 Å². The van der Waals surface area contributed by atoms with E-state index in [0.717, 1.165) is 5.56 Å². The molecule has 0 radical (unpaired) electrons. The highest BCUT2D eigenvalue weighted by Crippen LogP contribution is 2.23. The molecule has 144 valence electrons. The monoisotopic (exact) mass is 361 g/mol. The summed E-state index contributed by atoms with van der Waals surface area (Å²) in [6, 6.07) is 3.99. The number of hydrogen-bond donors (Lipinski definition) is 0. The Morgan fingerprint density at radius 2 is 1.96 bits per heavy atom. The van der Waals surface area contributed by atoms with Gasteiger partial charge in [0, 0.05) is 44.0 Å². The van der Waals surface area contributed by atoms with Crippen molar-refractivity contribution < 1.29 is 14.3 Å². The molecule has 0 N–H and O–H groups in total. The number of aromatic nitrogens is 1. The molecule has 0 aromatic carbocycles. The van der Waals surface area contributed by atoms with Gasteiger partial charge in [0.25, 0.3) is 0 Å². The first-order valence-corrected chi connectivity index (χ1v) is 9.34. The number of ether oxygens (including phenoxy) is 1. The fourth-order valence-corrected chi connectivity index (χ4v) is 3.07. The number of rotatable bonds is 4. The van der Waals surface area contributed by atoms with Crippen LogP contribution >= 0.6 is 0 Å². The molecule has 1 fully saturated rings. The predicted octanol–water partition coefficient (Wildman–Crippen LogP) is 3.47. The Balaban J connectivity index is 1.94. The summed E-state index contributed by atoms with van der Waals surface area (Å²) in [5, 5.41) is 0. The minimum Gasteiger partial charge on any atom is -0.444 e. The van der Waals surface area contributed by atoms with Gasteiger partial charge in [0.05, 0.1) is 0 Å². The standard InChI is InChI=1S/C20H31N3O3/c1-15(2)23(14-16-7-6-10-21-13-16)18(24)17-8-11-22(12-9-17)19(25)26-20(3,4)5/h6-7,10,13,15,17H,8-9,11-12,14H2,1-5H3. The number of carbonyl (C=O) groups is 2. The number of amides is 2. The van der Waals surface area contributed by atoms with Crippen molar-refractivity contribution in [1.82, 2.24) is 14.8 Å². The van der Waals surface area contributed by atoms with Crippen molar-refractivity contribution in [3.8, 4) is 0 Å². The lowest BCUT2D eigenvalue weighted by atomic mass is 9.94. The van der Waals surface area contributed by atoms with E-state index < -0.39 is 5.60 Å². The molecule has 6 heteroatoms. The fourth-order valence-electron chi connectivity index (χ4n) is 3.07. The van der Waals surface area contributed by atoms with Crippen molar-refractivity contribution in [2.45, 2.75) is 65.6 Å². The highest BCUT2D eigenvalue weighted by molar-refractivity contribution is 5.79. The van der Waals surface area contributed by atoms with Crippen LogP contribution in [0, 0.1) is 5.92 Å². The summed E-state index contributed by atoms with van der Waals surface area (Å²) < 4.78 is 5.42. The summed E-state index contributed by atoms with van der Waals surface area (Å²) in [7, 11) is 0. The molecule has 2 heterocycles. The normalized spacial score (nSPS) is 15.8. The molecule has 26 heavy (non-hydrogen) atoms. The molecule has 2 rings (SSSR count). The zero-order valence-electron chi connectivity index (χ0n) is 16.6. The molecule has 0 aliphatic carbocycles.